The highest BCUT2D eigenvalue weighted by Crippen LogP contribution is 2.24. The van der Waals surface area contributed by atoms with Gasteiger partial charge < -0.3 is 15.5 Å². The lowest BCUT2D eigenvalue weighted by Gasteiger charge is -2.10. The van der Waals surface area contributed by atoms with E-state index >= 15 is 0 Å². The van der Waals surface area contributed by atoms with Crippen molar-refractivity contribution in [3.63, 3.8) is 0 Å². The maximum atomic E-state index is 13.7. The van der Waals surface area contributed by atoms with Gasteiger partial charge in [-0.3, -0.25) is 4.79 Å². The molecular weight excluding hydrogens is 345 g/mol. The number of aromatic hydroxyl groups is 1. The third kappa shape index (κ3) is 3.19. The van der Waals surface area contributed by atoms with Gasteiger partial charge in [0.1, 0.15) is 11.6 Å². The predicted octanol–water partition coefficient (Wildman–Crippen LogP) is 3.24. The van der Waals surface area contributed by atoms with Gasteiger partial charge in [-0.2, -0.15) is 0 Å². The number of hydrogen-bond acceptors (Lipinski definition) is 3. The Kier molecular flexibility index (Phi) is 4.23. The summed E-state index contributed by atoms with van der Waals surface area (Å²) in [7, 11) is 0. The van der Waals surface area contributed by atoms with Crippen LogP contribution in [0.5, 0.6) is 5.75 Å². The van der Waals surface area contributed by atoms with E-state index in [0.29, 0.717) is 0 Å². The molecule has 21 heavy (non-hydrogen) atoms. The highest BCUT2D eigenvalue weighted by molar-refractivity contribution is 9.10. The molecule has 3 N–H and O–H groups in total. The first kappa shape index (κ1) is 15.0. The van der Waals surface area contributed by atoms with Crippen molar-refractivity contribution in [2.45, 2.75) is 0 Å². The SMILES string of the molecule is O=C(O)c1cc(O)ccc1NC(=O)c1c(F)cccc1Br. The van der Waals surface area contributed by atoms with Crippen LogP contribution >= 0.6 is 15.9 Å². The van der Waals surface area contributed by atoms with Gasteiger partial charge in [0.25, 0.3) is 5.91 Å². The maximum absolute atomic E-state index is 13.7. The number of nitrogens with one attached hydrogen (secondary N) is 1. The number of carbonyl (C=O) groups excluding carboxylic acids is 1. The Bertz CT molecular complexity index is 713. The standard InChI is InChI=1S/C14H9BrFNO4/c15-9-2-1-3-10(16)12(9)13(19)17-11-5-4-7(18)6-8(11)14(20)21/h1-6,18H,(H,17,19)(H,20,21). The molecule has 5 nitrogen and oxygen atoms in total. The van der Waals surface area contributed by atoms with Gasteiger partial charge in [-0.1, -0.05) is 6.07 Å². The molecule has 2 aromatic carbocycles. The summed E-state index contributed by atoms with van der Waals surface area (Å²) >= 11 is 3.06. The Hall–Kier alpha value is -2.41. The lowest BCUT2D eigenvalue weighted by atomic mass is 10.1. The van der Waals surface area contributed by atoms with Crippen LogP contribution < -0.4 is 5.32 Å². The van der Waals surface area contributed by atoms with Crippen LogP contribution in [0.1, 0.15) is 20.7 Å². The topological polar surface area (TPSA) is 86.6 Å². The zero-order valence-electron chi connectivity index (χ0n) is 10.4. The number of phenolic OH excluding ortho intramolecular Hbond substituents is 1. The van der Waals surface area contributed by atoms with Gasteiger partial charge >= 0.3 is 5.97 Å². The number of amides is 1. The summed E-state index contributed by atoms with van der Waals surface area (Å²) in [5, 5.41) is 20.6. The highest BCUT2D eigenvalue weighted by atomic mass is 79.9. The lowest BCUT2D eigenvalue weighted by molar-refractivity contribution is 0.0697. The van der Waals surface area contributed by atoms with Gasteiger partial charge in [0, 0.05) is 4.47 Å². The number of halogens is 2. The first-order chi connectivity index (χ1) is 9.90. The van der Waals surface area contributed by atoms with Crippen molar-refractivity contribution in [2.75, 3.05) is 5.32 Å². The summed E-state index contributed by atoms with van der Waals surface area (Å²) in [5.41, 5.74) is -0.571. The molecule has 7 heteroatoms. The van der Waals surface area contributed by atoms with E-state index < -0.39 is 17.7 Å². The van der Waals surface area contributed by atoms with Crippen LogP contribution in [-0.4, -0.2) is 22.1 Å². The Morgan fingerprint density at radius 1 is 1.19 bits per heavy atom. The second-order valence-corrected chi connectivity index (χ2v) is 4.94. The van der Waals surface area contributed by atoms with E-state index in [2.05, 4.69) is 21.2 Å². The Morgan fingerprint density at radius 2 is 1.90 bits per heavy atom. The fourth-order valence-corrected chi connectivity index (χ4v) is 2.24. The number of hydrogen-bond donors (Lipinski definition) is 3. The molecule has 0 heterocycles. The van der Waals surface area contributed by atoms with Crippen LogP contribution in [0, 0.1) is 5.82 Å². The van der Waals surface area contributed by atoms with Crippen molar-refractivity contribution in [3.05, 3.63) is 57.8 Å². The van der Waals surface area contributed by atoms with Crippen molar-refractivity contribution < 1.29 is 24.2 Å². The number of anilines is 1. The molecule has 0 aliphatic carbocycles. The van der Waals surface area contributed by atoms with Gasteiger partial charge in [0.2, 0.25) is 0 Å². The minimum absolute atomic E-state index is 0.0412. The molecule has 2 rings (SSSR count). The van der Waals surface area contributed by atoms with Crippen molar-refractivity contribution in [3.8, 4) is 5.75 Å². The summed E-state index contributed by atoms with van der Waals surface area (Å²) in [6, 6.07) is 7.49. The van der Waals surface area contributed by atoms with E-state index in [1.807, 2.05) is 0 Å². The molecule has 0 saturated heterocycles. The monoisotopic (exact) mass is 353 g/mol. The Balaban J connectivity index is 2.39. The van der Waals surface area contributed by atoms with Crippen LogP contribution in [0.3, 0.4) is 0 Å². The average Bonchev–Trinajstić information content (AvgIpc) is 2.40. The summed E-state index contributed by atoms with van der Waals surface area (Å²) in [5.74, 6) is -3.11. The summed E-state index contributed by atoms with van der Waals surface area (Å²) in [6.45, 7) is 0. The highest BCUT2D eigenvalue weighted by Gasteiger charge is 2.18. The van der Waals surface area contributed by atoms with Gasteiger partial charge in [-0.05, 0) is 46.3 Å². The summed E-state index contributed by atoms with van der Waals surface area (Å²) < 4.78 is 13.9. The van der Waals surface area contributed by atoms with Gasteiger partial charge in [0.05, 0.1) is 16.8 Å². The van der Waals surface area contributed by atoms with Crippen LogP contribution in [0.25, 0.3) is 0 Å². The largest absolute Gasteiger partial charge is 0.508 e. The molecule has 0 bridgehead atoms. The minimum atomic E-state index is -1.33. The molecule has 0 aliphatic rings. The van der Waals surface area contributed by atoms with Crippen LogP contribution in [0.2, 0.25) is 0 Å². The number of phenols is 1. The van der Waals surface area contributed by atoms with Crippen LogP contribution in [0.4, 0.5) is 10.1 Å². The molecule has 0 aliphatic heterocycles. The van der Waals surface area contributed by atoms with Crippen molar-refractivity contribution in [1.29, 1.82) is 0 Å². The summed E-state index contributed by atoms with van der Waals surface area (Å²) in [6.07, 6.45) is 0. The quantitative estimate of drug-likeness (QED) is 0.739. The van der Waals surface area contributed by atoms with E-state index in [1.165, 1.54) is 24.3 Å². The van der Waals surface area contributed by atoms with E-state index in [9.17, 15) is 19.1 Å². The van der Waals surface area contributed by atoms with Crippen LogP contribution in [-0.2, 0) is 0 Å². The first-order valence-corrected chi connectivity index (χ1v) is 6.51. The predicted molar refractivity (Wildman–Crippen MR) is 77.1 cm³/mol. The lowest BCUT2D eigenvalue weighted by Crippen LogP contribution is -2.16. The smallest absolute Gasteiger partial charge is 0.337 e. The molecule has 1 amide bonds. The van der Waals surface area contributed by atoms with Crippen LogP contribution in [0.15, 0.2) is 40.9 Å². The molecule has 0 spiro atoms. The van der Waals surface area contributed by atoms with E-state index in [4.69, 9.17) is 5.11 Å². The Labute approximate surface area is 127 Å². The molecule has 0 aromatic heterocycles. The third-order valence-electron chi connectivity index (χ3n) is 2.67. The second kappa shape index (κ2) is 5.92. The summed E-state index contributed by atoms with van der Waals surface area (Å²) in [4.78, 5) is 23.2. The molecule has 108 valence electrons. The molecule has 0 radical (unpaired) electrons. The maximum Gasteiger partial charge on any atom is 0.337 e. The molecule has 0 fully saturated rings. The Morgan fingerprint density at radius 3 is 2.52 bits per heavy atom. The number of carbonyl (C=O) groups is 2. The van der Waals surface area contributed by atoms with Crippen molar-refractivity contribution in [2.24, 2.45) is 0 Å². The number of benzene rings is 2. The fourth-order valence-electron chi connectivity index (χ4n) is 1.72. The second-order valence-electron chi connectivity index (χ2n) is 4.09. The molecule has 0 saturated carbocycles. The van der Waals surface area contributed by atoms with E-state index in [-0.39, 0.29) is 27.0 Å². The van der Waals surface area contributed by atoms with E-state index in [0.717, 1.165) is 12.1 Å². The molecule has 0 atom stereocenters. The van der Waals surface area contributed by atoms with Gasteiger partial charge in [-0.15, -0.1) is 0 Å². The normalized spacial score (nSPS) is 10.2. The zero-order chi connectivity index (χ0) is 15.6. The molecule has 2 aromatic rings. The number of rotatable bonds is 3. The van der Waals surface area contributed by atoms with Crippen molar-refractivity contribution in [1.82, 2.24) is 0 Å². The average molecular weight is 354 g/mol. The molecule has 0 unspecified atom stereocenters. The zero-order valence-corrected chi connectivity index (χ0v) is 12.0. The number of carboxylic acids is 1. The van der Waals surface area contributed by atoms with Gasteiger partial charge in [-0.25, -0.2) is 9.18 Å². The van der Waals surface area contributed by atoms with Crippen molar-refractivity contribution >= 4 is 33.5 Å². The molecular formula is C14H9BrFNO4. The number of aromatic carboxylic acids is 1. The van der Waals surface area contributed by atoms with Gasteiger partial charge in [0.15, 0.2) is 0 Å². The first-order valence-electron chi connectivity index (χ1n) is 5.72. The third-order valence-corrected chi connectivity index (χ3v) is 3.33. The van der Waals surface area contributed by atoms with E-state index in [1.54, 1.807) is 0 Å². The fraction of sp³-hybridized carbons (Fsp3) is 0. The minimum Gasteiger partial charge on any atom is -0.508 e. The number of carboxylic acid groups (broad SMARTS) is 1.